The molecule has 1 saturated heterocycles. The summed E-state index contributed by atoms with van der Waals surface area (Å²) in [5.74, 6) is 1.01. The van der Waals surface area contributed by atoms with E-state index in [1.54, 1.807) is 11.3 Å². The lowest BCUT2D eigenvalue weighted by Gasteiger charge is -2.35. The van der Waals surface area contributed by atoms with Crippen LogP contribution in [0.3, 0.4) is 0 Å². The van der Waals surface area contributed by atoms with E-state index in [4.69, 9.17) is 0 Å². The van der Waals surface area contributed by atoms with Crippen LogP contribution in [-0.4, -0.2) is 50.1 Å². The topological polar surface area (TPSA) is 75.9 Å². The Morgan fingerprint density at radius 1 is 1.33 bits per heavy atom. The zero-order valence-electron chi connectivity index (χ0n) is 13.8. The molecule has 2 aromatic rings. The van der Waals surface area contributed by atoms with Crippen molar-refractivity contribution in [2.75, 3.05) is 13.1 Å². The van der Waals surface area contributed by atoms with Crippen LogP contribution in [0.25, 0.3) is 0 Å². The number of hydrogen-bond donors (Lipinski definition) is 1. The molecular weight excluding hydrogens is 324 g/mol. The second-order valence-corrected chi connectivity index (χ2v) is 7.46. The number of amides is 1. The van der Waals surface area contributed by atoms with E-state index in [0.29, 0.717) is 6.04 Å². The number of piperidine rings is 1. The molecule has 2 fully saturated rings. The lowest BCUT2D eigenvalue weighted by molar-refractivity contribution is 0.0892. The Morgan fingerprint density at radius 3 is 2.79 bits per heavy atom. The van der Waals surface area contributed by atoms with Crippen molar-refractivity contribution in [2.24, 2.45) is 0 Å². The van der Waals surface area contributed by atoms with E-state index < -0.39 is 0 Å². The van der Waals surface area contributed by atoms with Crippen LogP contribution in [0.1, 0.15) is 60.9 Å². The molecule has 3 heterocycles. The SMILES string of the molecule is C[C@@H](c1nnnn1C1CC1)N1CCC(NC(=O)c2ccsc2)CC1. The van der Waals surface area contributed by atoms with Gasteiger partial charge in [-0.1, -0.05) is 0 Å². The maximum absolute atomic E-state index is 12.2. The third-order valence-electron chi connectivity index (χ3n) is 4.98. The summed E-state index contributed by atoms with van der Waals surface area (Å²) in [6.45, 7) is 4.08. The molecule has 0 spiro atoms. The fourth-order valence-electron chi connectivity index (χ4n) is 3.31. The first-order valence-corrected chi connectivity index (χ1v) is 9.51. The first-order chi connectivity index (χ1) is 11.7. The molecule has 2 aromatic heterocycles. The van der Waals surface area contributed by atoms with Gasteiger partial charge < -0.3 is 5.32 Å². The van der Waals surface area contributed by atoms with Gasteiger partial charge in [0.05, 0.1) is 12.1 Å². The lowest BCUT2D eigenvalue weighted by Crippen LogP contribution is -2.45. The summed E-state index contributed by atoms with van der Waals surface area (Å²) in [6.07, 6.45) is 4.29. The van der Waals surface area contributed by atoms with E-state index in [2.05, 4.69) is 32.7 Å². The molecule has 2 aliphatic rings. The molecule has 1 atom stereocenters. The number of nitrogens with zero attached hydrogens (tertiary/aromatic N) is 5. The minimum Gasteiger partial charge on any atom is -0.349 e. The van der Waals surface area contributed by atoms with Gasteiger partial charge in [0, 0.05) is 30.1 Å². The molecule has 0 aromatic carbocycles. The van der Waals surface area contributed by atoms with Crippen LogP contribution < -0.4 is 5.32 Å². The molecule has 1 N–H and O–H groups in total. The summed E-state index contributed by atoms with van der Waals surface area (Å²) in [5.41, 5.74) is 0.763. The van der Waals surface area contributed by atoms with Gasteiger partial charge in [-0.05, 0) is 54.5 Å². The molecule has 1 aliphatic carbocycles. The smallest absolute Gasteiger partial charge is 0.252 e. The van der Waals surface area contributed by atoms with Crippen LogP contribution in [0, 0.1) is 0 Å². The predicted octanol–water partition coefficient (Wildman–Crippen LogP) is 2.02. The van der Waals surface area contributed by atoms with Crippen molar-refractivity contribution in [3.63, 3.8) is 0 Å². The summed E-state index contributed by atoms with van der Waals surface area (Å²) in [7, 11) is 0. The predicted molar refractivity (Wildman–Crippen MR) is 90.9 cm³/mol. The van der Waals surface area contributed by atoms with Gasteiger partial charge in [-0.25, -0.2) is 4.68 Å². The monoisotopic (exact) mass is 346 g/mol. The van der Waals surface area contributed by atoms with Gasteiger partial charge in [-0.3, -0.25) is 9.69 Å². The van der Waals surface area contributed by atoms with Gasteiger partial charge in [0.25, 0.3) is 5.91 Å². The van der Waals surface area contributed by atoms with Gasteiger partial charge >= 0.3 is 0 Å². The largest absolute Gasteiger partial charge is 0.349 e. The van der Waals surface area contributed by atoms with E-state index in [9.17, 15) is 4.79 Å². The van der Waals surface area contributed by atoms with Gasteiger partial charge in [0.15, 0.2) is 5.82 Å². The van der Waals surface area contributed by atoms with Crippen LogP contribution in [0.4, 0.5) is 0 Å². The van der Waals surface area contributed by atoms with E-state index in [0.717, 1.165) is 37.3 Å². The Hall–Kier alpha value is -1.80. The fraction of sp³-hybridized carbons (Fsp3) is 0.625. The number of aromatic nitrogens is 4. The van der Waals surface area contributed by atoms with Crippen LogP contribution in [-0.2, 0) is 0 Å². The molecule has 4 rings (SSSR count). The number of thiophene rings is 1. The molecule has 7 nitrogen and oxygen atoms in total. The number of nitrogens with one attached hydrogen (secondary N) is 1. The first kappa shape index (κ1) is 15.7. The molecular formula is C16H22N6OS. The third-order valence-corrected chi connectivity index (χ3v) is 5.66. The van der Waals surface area contributed by atoms with Crippen LogP contribution >= 0.6 is 11.3 Å². The fourth-order valence-corrected chi connectivity index (χ4v) is 3.95. The van der Waals surface area contributed by atoms with E-state index in [1.807, 2.05) is 21.5 Å². The Balaban J connectivity index is 1.32. The number of tetrazole rings is 1. The summed E-state index contributed by atoms with van der Waals surface area (Å²) >= 11 is 1.55. The second kappa shape index (κ2) is 6.60. The Kier molecular flexibility index (Phi) is 4.32. The minimum atomic E-state index is 0.0421. The average molecular weight is 346 g/mol. The van der Waals surface area contributed by atoms with Crippen molar-refractivity contribution in [2.45, 2.75) is 50.7 Å². The zero-order chi connectivity index (χ0) is 16.5. The second-order valence-electron chi connectivity index (χ2n) is 6.68. The number of rotatable bonds is 5. The van der Waals surface area contributed by atoms with E-state index in [1.165, 1.54) is 12.8 Å². The van der Waals surface area contributed by atoms with E-state index in [-0.39, 0.29) is 18.0 Å². The highest BCUT2D eigenvalue weighted by Gasteiger charge is 2.32. The summed E-state index contributed by atoms with van der Waals surface area (Å²) in [6, 6.07) is 2.84. The quantitative estimate of drug-likeness (QED) is 0.896. The molecule has 0 radical (unpaired) electrons. The molecule has 1 amide bonds. The van der Waals surface area contributed by atoms with Gasteiger partial charge in [0.2, 0.25) is 0 Å². The summed E-state index contributed by atoms with van der Waals surface area (Å²) in [4.78, 5) is 14.6. The third kappa shape index (κ3) is 3.21. The van der Waals surface area contributed by atoms with Crippen molar-refractivity contribution >= 4 is 17.2 Å². The van der Waals surface area contributed by atoms with Gasteiger partial charge in [-0.2, -0.15) is 11.3 Å². The lowest BCUT2D eigenvalue weighted by atomic mass is 10.0. The molecule has 24 heavy (non-hydrogen) atoms. The van der Waals surface area contributed by atoms with Crippen molar-refractivity contribution in [1.29, 1.82) is 0 Å². The van der Waals surface area contributed by atoms with Crippen molar-refractivity contribution in [1.82, 2.24) is 30.4 Å². The molecule has 1 aliphatic heterocycles. The van der Waals surface area contributed by atoms with Crippen LogP contribution in [0.5, 0.6) is 0 Å². The molecule has 0 bridgehead atoms. The van der Waals surface area contributed by atoms with Crippen molar-refractivity contribution < 1.29 is 4.79 Å². The van der Waals surface area contributed by atoms with Crippen molar-refractivity contribution in [3.05, 3.63) is 28.2 Å². The highest BCUT2D eigenvalue weighted by Crippen LogP contribution is 2.36. The maximum Gasteiger partial charge on any atom is 0.252 e. The Bertz CT molecular complexity index is 687. The number of hydrogen-bond acceptors (Lipinski definition) is 6. The number of likely N-dealkylation sites (tertiary alicyclic amines) is 1. The number of carbonyl (C=O) groups excluding carboxylic acids is 1. The molecule has 8 heteroatoms. The highest BCUT2D eigenvalue weighted by atomic mass is 32.1. The van der Waals surface area contributed by atoms with E-state index >= 15 is 0 Å². The first-order valence-electron chi connectivity index (χ1n) is 8.57. The van der Waals surface area contributed by atoms with Gasteiger partial charge in [-0.15, -0.1) is 5.10 Å². The summed E-state index contributed by atoms with van der Waals surface area (Å²) < 4.78 is 2.00. The maximum atomic E-state index is 12.2. The number of carbonyl (C=O) groups is 1. The Morgan fingerprint density at radius 2 is 2.12 bits per heavy atom. The van der Waals surface area contributed by atoms with Crippen LogP contribution in [0.15, 0.2) is 16.8 Å². The molecule has 0 unspecified atom stereocenters. The Labute approximate surface area is 145 Å². The highest BCUT2D eigenvalue weighted by molar-refractivity contribution is 7.08. The van der Waals surface area contributed by atoms with Gasteiger partial charge in [0.1, 0.15) is 0 Å². The van der Waals surface area contributed by atoms with Crippen molar-refractivity contribution in [3.8, 4) is 0 Å². The zero-order valence-corrected chi connectivity index (χ0v) is 14.6. The van der Waals surface area contributed by atoms with Crippen LogP contribution in [0.2, 0.25) is 0 Å². The average Bonchev–Trinajstić information content (AvgIpc) is 3.11. The summed E-state index contributed by atoms with van der Waals surface area (Å²) in [5, 5.41) is 19.2. The standard InChI is InChI=1S/C16H22N6OS/c1-11(15-18-19-20-22(15)14-2-3-14)21-7-4-13(5-8-21)17-16(23)12-6-9-24-10-12/h6,9-11,13-14H,2-5,7-8H2,1H3,(H,17,23)/t11-/m0/s1. The normalized spacial score (nSPS) is 20.9. The minimum absolute atomic E-state index is 0.0421. The molecule has 1 saturated carbocycles. The molecule has 128 valence electrons.